The highest BCUT2D eigenvalue weighted by Crippen LogP contribution is 2.46. The molecule has 2 N–H and O–H groups in total. The summed E-state index contributed by atoms with van der Waals surface area (Å²) < 4.78 is 5.32. The lowest BCUT2D eigenvalue weighted by Gasteiger charge is -2.12. The molecule has 1 aromatic carbocycles. The maximum absolute atomic E-state index is 6.21. The van der Waals surface area contributed by atoms with Gasteiger partial charge in [0.05, 0.1) is 6.20 Å². The van der Waals surface area contributed by atoms with Crippen LogP contribution in [-0.4, -0.2) is 4.98 Å². The number of nitrogens with zero attached hydrogens (tertiary/aromatic N) is 1. The third-order valence-electron chi connectivity index (χ3n) is 2.91. The van der Waals surface area contributed by atoms with E-state index in [1.165, 1.54) is 0 Å². The van der Waals surface area contributed by atoms with E-state index in [1.54, 1.807) is 12.5 Å². The zero-order chi connectivity index (χ0) is 10.3. The first-order valence-corrected chi connectivity index (χ1v) is 5.08. The minimum Gasteiger partial charge on any atom is -0.445 e. The molecule has 0 atom stereocenters. The smallest absolute Gasteiger partial charge is 0.226 e. The van der Waals surface area contributed by atoms with E-state index < -0.39 is 0 Å². The van der Waals surface area contributed by atoms with Crippen molar-refractivity contribution in [1.29, 1.82) is 0 Å². The lowest BCUT2D eigenvalue weighted by atomic mass is 9.99. The molecule has 3 nitrogen and oxygen atoms in total. The van der Waals surface area contributed by atoms with Crippen molar-refractivity contribution < 1.29 is 4.42 Å². The summed E-state index contributed by atoms with van der Waals surface area (Å²) in [6.07, 6.45) is 5.33. The number of oxazole rings is 1. The molecule has 3 rings (SSSR count). The number of rotatable bonds is 2. The Morgan fingerprint density at radius 2 is 2.07 bits per heavy atom. The molecule has 1 aliphatic carbocycles. The third kappa shape index (κ3) is 1.36. The lowest BCUT2D eigenvalue weighted by Crippen LogP contribution is -2.19. The fourth-order valence-corrected chi connectivity index (χ4v) is 1.86. The van der Waals surface area contributed by atoms with Gasteiger partial charge >= 0.3 is 0 Å². The summed E-state index contributed by atoms with van der Waals surface area (Å²) in [7, 11) is 0. The summed E-state index contributed by atoms with van der Waals surface area (Å²) in [4.78, 5) is 4.17. The number of hydrogen-bond donors (Lipinski definition) is 1. The van der Waals surface area contributed by atoms with Crippen LogP contribution in [0.3, 0.4) is 0 Å². The monoisotopic (exact) mass is 200 g/mol. The van der Waals surface area contributed by atoms with E-state index in [2.05, 4.69) is 11.1 Å². The van der Waals surface area contributed by atoms with Gasteiger partial charge in [-0.25, -0.2) is 4.98 Å². The molecular weight excluding hydrogens is 188 g/mol. The topological polar surface area (TPSA) is 52.0 Å². The molecule has 1 fully saturated rings. The Labute approximate surface area is 87.9 Å². The van der Waals surface area contributed by atoms with Gasteiger partial charge in [-0.05, 0) is 24.5 Å². The summed E-state index contributed by atoms with van der Waals surface area (Å²) in [5.74, 6) is 0.655. The summed E-state index contributed by atoms with van der Waals surface area (Å²) in [5.41, 5.74) is 8.22. The van der Waals surface area contributed by atoms with Gasteiger partial charge in [-0.2, -0.15) is 0 Å². The van der Waals surface area contributed by atoms with E-state index in [1.807, 2.05) is 18.2 Å². The van der Waals surface area contributed by atoms with Crippen molar-refractivity contribution in [3.05, 3.63) is 42.3 Å². The van der Waals surface area contributed by atoms with Gasteiger partial charge in [0.2, 0.25) is 5.89 Å². The van der Waals surface area contributed by atoms with Crippen molar-refractivity contribution in [2.24, 2.45) is 5.73 Å². The molecule has 3 heteroatoms. The first-order valence-electron chi connectivity index (χ1n) is 5.08. The second kappa shape index (κ2) is 2.94. The summed E-state index contributed by atoms with van der Waals surface area (Å²) in [6.45, 7) is 0. The van der Waals surface area contributed by atoms with Gasteiger partial charge in [0.1, 0.15) is 6.26 Å². The normalized spacial score (nSPS) is 17.7. The van der Waals surface area contributed by atoms with Crippen LogP contribution in [0.5, 0.6) is 0 Å². The van der Waals surface area contributed by atoms with E-state index in [0.29, 0.717) is 5.89 Å². The second-order valence-electron chi connectivity index (χ2n) is 4.04. The zero-order valence-corrected chi connectivity index (χ0v) is 8.31. The first-order chi connectivity index (χ1) is 7.30. The van der Waals surface area contributed by atoms with Gasteiger partial charge in [0, 0.05) is 11.1 Å². The summed E-state index contributed by atoms with van der Waals surface area (Å²) in [6, 6.07) is 8.06. The van der Waals surface area contributed by atoms with Crippen LogP contribution >= 0.6 is 0 Å². The Balaban J connectivity index is 2.15. The average Bonchev–Trinajstić information content (AvgIpc) is 2.84. The van der Waals surface area contributed by atoms with Crippen molar-refractivity contribution >= 4 is 0 Å². The maximum Gasteiger partial charge on any atom is 0.226 e. The fraction of sp³-hybridized carbons (Fsp3) is 0.250. The quantitative estimate of drug-likeness (QED) is 0.809. The van der Waals surface area contributed by atoms with Crippen LogP contribution in [0.15, 0.2) is 41.1 Å². The highest BCUT2D eigenvalue weighted by Gasteiger charge is 2.41. The SMILES string of the molecule is NC1(c2ccccc2-c2ncco2)CC1. The minimum atomic E-state index is -0.148. The highest BCUT2D eigenvalue weighted by molar-refractivity contribution is 5.61. The van der Waals surface area contributed by atoms with E-state index >= 15 is 0 Å². The largest absolute Gasteiger partial charge is 0.445 e. The molecule has 76 valence electrons. The highest BCUT2D eigenvalue weighted by atomic mass is 16.3. The van der Waals surface area contributed by atoms with Crippen molar-refractivity contribution in [3.63, 3.8) is 0 Å². The Bertz CT molecular complexity index is 472. The van der Waals surface area contributed by atoms with Crippen LogP contribution in [0, 0.1) is 0 Å². The van der Waals surface area contributed by atoms with Crippen LogP contribution in [0.25, 0.3) is 11.5 Å². The number of benzene rings is 1. The van der Waals surface area contributed by atoms with E-state index in [-0.39, 0.29) is 5.54 Å². The molecule has 0 spiro atoms. The van der Waals surface area contributed by atoms with Crippen molar-refractivity contribution in [2.75, 3.05) is 0 Å². The Kier molecular flexibility index (Phi) is 1.70. The molecule has 15 heavy (non-hydrogen) atoms. The van der Waals surface area contributed by atoms with E-state index in [0.717, 1.165) is 24.0 Å². The molecular formula is C12H12N2O. The first kappa shape index (κ1) is 8.68. The molecule has 2 aromatic rings. The lowest BCUT2D eigenvalue weighted by molar-refractivity contribution is 0.572. The molecule has 0 unspecified atom stereocenters. The molecule has 1 saturated carbocycles. The predicted molar refractivity (Wildman–Crippen MR) is 57.0 cm³/mol. The van der Waals surface area contributed by atoms with Crippen LogP contribution in [-0.2, 0) is 5.54 Å². The average molecular weight is 200 g/mol. The van der Waals surface area contributed by atoms with Crippen molar-refractivity contribution in [2.45, 2.75) is 18.4 Å². The molecule has 1 aromatic heterocycles. The van der Waals surface area contributed by atoms with Gasteiger partial charge in [-0.3, -0.25) is 0 Å². The number of hydrogen-bond acceptors (Lipinski definition) is 3. The van der Waals surface area contributed by atoms with Gasteiger partial charge < -0.3 is 10.2 Å². The fourth-order valence-electron chi connectivity index (χ4n) is 1.86. The van der Waals surface area contributed by atoms with Crippen LogP contribution in [0.1, 0.15) is 18.4 Å². The molecule has 0 radical (unpaired) electrons. The van der Waals surface area contributed by atoms with Crippen LogP contribution in [0.2, 0.25) is 0 Å². The van der Waals surface area contributed by atoms with Gasteiger partial charge in [0.15, 0.2) is 0 Å². The summed E-state index contributed by atoms with van der Waals surface area (Å²) >= 11 is 0. The van der Waals surface area contributed by atoms with Gasteiger partial charge in [-0.15, -0.1) is 0 Å². The van der Waals surface area contributed by atoms with Gasteiger partial charge in [-0.1, -0.05) is 18.2 Å². The minimum absolute atomic E-state index is 0.148. The number of aromatic nitrogens is 1. The molecule has 0 amide bonds. The third-order valence-corrected chi connectivity index (χ3v) is 2.91. The van der Waals surface area contributed by atoms with Crippen molar-refractivity contribution in [1.82, 2.24) is 4.98 Å². The molecule has 0 aliphatic heterocycles. The Hall–Kier alpha value is -1.61. The standard InChI is InChI=1S/C12H12N2O/c13-12(5-6-12)10-4-2-1-3-9(10)11-14-7-8-15-11/h1-4,7-8H,5-6,13H2. The summed E-state index contributed by atoms with van der Waals surface area (Å²) in [5, 5.41) is 0. The van der Waals surface area contributed by atoms with Crippen LogP contribution in [0.4, 0.5) is 0 Å². The predicted octanol–water partition coefficient (Wildman–Crippen LogP) is 2.29. The second-order valence-corrected chi connectivity index (χ2v) is 4.04. The Morgan fingerprint density at radius 3 is 2.73 bits per heavy atom. The van der Waals surface area contributed by atoms with E-state index in [9.17, 15) is 0 Å². The maximum atomic E-state index is 6.21. The molecule has 0 bridgehead atoms. The Morgan fingerprint density at radius 1 is 1.27 bits per heavy atom. The van der Waals surface area contributed by atoms with Crippen molar-refractivity contribution in [3.8, 4) is 11.5 Å². The number of nitrogens with two attached hydrogens (primary N) is 1. The molecule has 0 saturated heterocycles. The molecule has 1 heterocycles. The molecule has 1 aliphatic rings. The van der Waals surface area contributed by atoms with Gasteiger partial charge in [0.25, 0.3) is 0 Å². The van der Waals surface area contributed by atoms with Crippen LogP contribution < -0.4 is 5.73 Å². The van der Waals surface area contributed by atoms with E-state index in [4.69, 9.17) is 10.2 Å². The zero-order valence-electron chi connectivity index (χ0n) is 8.31.